The Morgan fingerprint density at radius 2 is 2.12 bits per heavy atom. The second kappa shape index (κ2) is 7.36. The predicted molar refractivity (Wildman–Crippen MR) is 64.1 cm³/mol. The van der Waals surface area contributed by atoms with E-state index in [0.717, 1.165) is 31.7 Å². The van der Waals surface area contributed by atoms with Gasteiger partial charge in [0.25, 0.3) is 0 Å². The van der Waals surface area contributed by atoms with E-state index in [0.29, 0.717) is 0 Å². The molecule has 1 N–H and O–H groups in total. The molecule has 0 amide bonds. The lowest BCUT2D eigenvalue weighted by Gasteiger charge is -2.08. The van der Waals surface area contributed by atoms with Gasteiger partial charge in [-0.25, -0.2) is 4.39 Å². The summed E-state index contributed by atoms with van der Waals surface area (Å²) in [6, 6.07) is 6.72. The Bertz CT molecular complexity index is 302. The van der Waals surface area contributed by atoms with E-state index in [2.05, 4.69) is 5.32 Å². The van der Waals surface area contributed by atoms with Crippen LogP contribution in [-0.4, -0.2) is 25.8 Å². The minimum absolute atomic E-state index is 0.166. The summed E-state index contributed by atoms with van der Waals surface area (Å²) < 4.78 is 18.2. The number of nitrogens with one attached hydrogen (secondary N) is 1. The van der Waals surface area contributed by atoms with Crippen LogP contribution in [0, 0.1) is 5.82 Å². The summed E-state index contributed by atoms with van der Waals surface area (Å²) in [5, 5.41) is 3.26. The third-order valence-electron chi connectivity index (χ3n) is 2.21. The quantitative estimate of drug-likeness (QED) is 0.719. The summed E-state index contributed by atoms with van der Waals surface area (Å²) in [6.07, 6.45) is 1.13. The van der Waals surface area contributed by atoms with Crippen LogP contribution in [0.1, 0.15) is 19.4 Å². The molecule has 1 aromatic rings. The van der Waals surface area contributed by atoms with Crippen LogP contribution in [0.3, 0.4) is 0 Å². The molecule has 90 valence electrons. The first-order chi connectivity index (χ1) is 7.68. The number of ether oxygens (including phenoxy) is 1. The number of halogens is 1. The van der Waals surface area contributed by atoms with E-state index in [1.54, 1.807) is 12.1 Å². The van der Waals surface area contributed by atoms with E-state index in [-0.39, 0.29) is 11.9 Å². The van der Waals surface area contributed by atoms with Crippen molar-refractivity contribution in [1.82, 2.24) is 5.32 Å². The van der Waals surface area contributed by atoms with Gasteiger partial charge in [0.15, 0.2) is 0 Å². The number of rotatable bonds is 7. The van der Waals surface area contributed by atoms with Crippen LogP contribution in [0.2, 0.25) is 0 Å². The Balaban J connectivity index is 2.07. The summed E-state index contributed by atoms with van der Waals surface area (Å²) in [5.74, 6) is -0.166. The van der Waals surface area contributed by atoms with Crippen molar-refractivity contribution in [2.75, 3.05) is 19.7 Å². The largest absolute Gasteiger partial charge is 0.377 e. The fourth-order valence-electron chi connectivity index (χ4n) is 1.42. The van der Waals surface area contributed by atoms with Gasteiger partial charge in [0.05, 0.1) is 12.7 Å². The highest BCUT2D eigenvalue weighted by molar-refractivity contribution is 5.16. The van der Waals surface area contributed by atoms with Crippen molar-refractivity contribution in [2.45, 2.75) is 26.4 Å². The van der Waals surface area contributed by atoms with Gasteiger partial charge in [-0.3, -0.25) is 0 Å². The SMILES string of the molecule is CC(C)OCCNCCc1cccc(F)c1. The van der Waals surface area contributed by atoms with Crippen molar-refractivity contribution < 1.29 is 9.13 Å². The molecular weight excluding hydrogens is 205 g/mol. The van der Waals surface area contributed by atoms with Crippen molar-refractivity contribution in [1.29, 1.82) is 0 Å². The maximum absolute atomic E-state index is 12.8. The van der Waals surface area contributed by atoms with Crippen LogP contribution < -0.4 is 5.32 Å². The van der Waals surface area contributed by atoms with Crippen molar-refractivity contribution in [3.8, 4) is 0 Å². The highest BCUT2D eigenvalue weighted by atomic mass is 19.1. The minimum atomic E-state index is -0.166. The predicted octanol–water partition coefficient (Wildman–Crippen LogP) is 2.38. The molecule has 0 radical (unpaired) electrons. The summed E-state index contributed by atoms with van der Waals surface area (Å²) >= 11 is 0. The molecule has 0 aromatic heterocycles. The molecule has 16 heavy (non-hydrogen) atoms. The van der Waals surface area contributed by atoms with E-state index < -0.39 is 0 Å². The van der Waals surface area contributed by atoms with Gasteiger partial charge in [-0.15, -0.1) is 0 Å². The van der Waals surface area contributed by atoms with Crippen LogP contribution in [0.4, 0.5) is 4.39 Å². The van der Waals surface area contributed by atoms with Crippen LogP contribution in [-0.2, 0) is 11.2 Å². The standard InChI is InChI=1S/C13H20FNO/c1-11(2)16-9-8-15-7-6-12-4-3-5-13(14)10-12/h3-5,10-11,15H,6-9H2,1-2H3. The first kappa shape index (κ1) is 13.1. The molecule has 0 saturated heterocycles. The fourth-order valence-corrected chi connectivity index (χ4v) is 1.42. The summed E-state index contributed by atoms with van der Waals surface area (Å²) in [5.41, 5.74) is 1.03. The minimum Gasteiger partial charge on any atom is -0.377 e. The average molecular weight is 225 g/mol. The molecule has 0 saturated carbocycles. The van der Waals surface area contributed by atoms with Gasteiger partial charge < -0.3 is 10.1 Å². The fraction of sp³-hybridized carbons (Fsp3) is 0.538. The van der Waals surface area contributed by atoms with Gasteiger partial charge in [0, 0.05) is 6.54 Å². The van der Waals surface area contributed by atoms with Crippen LogP contribution in [0.25, 0.3) is 0 Å². The van der Waals surface area contributed by atoms with Gasteiger partial charge >= 0.3 is 0 Å². The molecule has 0 bridgehead atoms. The van der Waals surface area contributed by atoms with Crippen LogP contribution >= 0.6 is 0 Å². The molecular formula is C13H20FNO. The molecule has 3 heteroatoms. The van der Waals surface area contributed by atoms with E-state index in [1.807, 2.05) is 19.9 Å². The third-order valence-corrected chi connectivity index (χ3v) is 2.21. The smallest absolute Gasteiger partial charge is 0.123 e. The molecule has 0 aliphatic heterocycles. The Hall–Kier alpha value is -0.930. The number of hydrogen-bond acceptors (Lipinski definition) is 2. The zero-order valence-corrected chi connectivity index (χ0v) is 10.0. The highest BCUT2D eigenvalue weighted by Crippen LogP contribution is 2.03. The Labute approximate surface area is 96.8 Å². The van der Waals surface area contributed by atoms with E-state index in [1.165, 1.54) is 6.07 Å². The molecule has 2 nitrogen and oxygen atoms in total. The second-order valence-electron chi connectivity index (χ2n) is 4.05. The van der Waals surface area contributed by atoms with Gasteiger partial charge in [0.1, 0.15) is 5.82 Å². The summed E-state index contributed by atoms with van der Waals surface area (Å²) in [4.78, 5) is 0. The van der Waals surface area contributed by atoms with Crippen LogP contribution in [0.5, 0.6) is 0 Å². The Morgan fingerprint density at radius 1 is 1.31 bits per heavy atom. The molecule has 0 heterocycles. The molecule has 1 aromatic carbocycles. The second-order valence-corrected chi connectivity index (χ2v) is 4.05. The lowest BCUT2D eigenvalue weighted by Crippen LogP contribution is -2.23. The van der Waals surface area contributed by atoms with Crippen molar-refractivity contribution in [2.24, 2.45) is 0 Å². The monoisotopic (exact) mass is 225 g/mol. The Kier molecular flexibility index (Phi) is 6.04. The Morgan fingerprint density at radius 3 is 2.81 bits per heavy atom. The zero-order valence-electron chi connectivity index (χ0n) is 10.0. The third kappa shape index (κ3) is 5.83. The van der Waals surface area contributed by atoms with E-state index in [9.17, 15) is 4.39 Å². The molecule has 1 rings (SSSR count). The summed E-state index contributed by atoms with van der Waals surface area (Å²) in [7, 11) is 0. The lowest BCUT2D eigenvalue weighted by atomic mass is 10.1. The molecule has 0 unspecified atom stereocenters. The van der Waals surface area contributed by atoms with E-state index >= 15 is 0 Å². The molecule has 0 fully saturated rings. The maximum Gasteiger partial charge on any atom is 0.123 e. The highest BCUT2D eigenvalue weighted by Gasteiger charge is 1.96. The maximum atomic E-state index is 12.8. The normalized spacial score (nSPS) is 11.0. The van der Waals surface area contributed by atoms with Gasteiger partial charge in [-0.05, 0) is 44.5 Å². The number of benzene rings is 1. The van der Waals surface area contributed by atoms with Crippen molar-refractivity contribution in [3.63, 3.8) is 0 Å². The molecule has 0 spiro atoms. The van der Waals surface area contributed by atoms with Crippen molar-refractivity contribution >= 4 is 0 Å². The first-order valence-corrected chi connectivity index (χ1v) is 5.75. The summed E-state index contributed by atoms with van der Waals surface area (Å²) in [6.45, 7) is 6.46. The topological polar surface area (TPSA) is 21.3 Å². The lowest BCUT2D eigenvalue weighted by molar-refractivity contribution is 0.0810. The molecule has 0 atom stereocenters. The van der Waals surface area contributed by atoms with Gasteiger partial charge in [-0.1, -0.05) is 12.1 Å². The molecule has 0 aliphatic rings. The zero-order chi connectivity index (χ0) is 11.8. The van der Waals surface area contributed by atoms with Gasteiger partial charge in [0.2, 0.25) is 0 Å². The van der Waals surface area contributed by atoms with Crippen molar-refractivity contribution in [3.05, 3.63) is 35.6 Å². The number of hydrogen-bond donors (Lipinski definition) is 1. The average Bonchev–Trinajstić information content (AvgIpc) is 2.23. The van der Waals surface area contributed by atoms with Gasteiger partial charge in [-0.2, -0.15) is 0 Å². The first-order valence-electron chi connectivity index (χ1n) is 5.75. The van der Waals surface area contributed by atoms with Crippen LogP contribution in [0.15, 0.2) is 24.3 Å². The van der Waals surface area contributed by atoms with E-state index in [4.69, 9.17) is 4.74 Å². The molecule has 0 aliphatic carbocycles.